The van der Waals surface area contributed by atoms with Gasteiger partial charge < -0.3 is 10.1 Å². The second-order valence-electron chi connectivity index (χ2n) is 7.05. The van der Waals surface area contributed by atoms with Crippen molar-refractivity contribution in [2.24, 2.45) is 0 Å². The van der Waals surface area contributed by atoms with Crippen LogP contribution in [0.1, 0.15) is 0 Å². The van der Waals surface area contributed by atoms with Crippen LogP contribution >= 0.6 is 12.2 Å². The molecule has 1 aromatic rings. The number of likely N-dealkylation sites (N-methyl/N-ethyl adjacent to an activating group) is 1. The third kappa shape index (κ3) is 2.91. The van der Waals surface area contributed by atoms with E-state index in [2.05, 4.69) is 51.1 Å². The molecule has 1 heterocycles. The van der Waals surface area contributed by atoms with Crippen molar-refractivity contribution in [3.05, 3.63) is 35.3 Å². The fraction of sp³-hybridized carbons (Fsp3) is 0.438. The Labute approximate surface area is 139 Å². The van der Waals surface area contributed by atoms with Gasteiger partial charge in [-0.25, -0.2) is 5.01 Å². The summed E-state index contributed by atoms with van der Waals surface area (Å²) in [5.74, 6) is 2.04. The number of hydrogen-bond donors (Lipinski definition) is 1. The first kappa shape index (κ1) is 17.0. The zero-order valence-electron chi connectivity index (χ0n) is 14.5. The first-order valence-corrected chi connectivity index (χ1v) is 11.3. The Hall–Kier alpha value is -1.37. The van der Waals surface area contributed by atoms with Crippen molar-refractivity contribution in [1.29, 1.82) is 0 Å². The highest BCUT2D eigenvalue weighted by Gasteiger charge is 2.47. The number of benzene rings is 1. The van der Waals surface area contributed by atoms with Gasteiger partial charge in [-0.2, -0.15) is 4.59 Å². The summed E-state index contributed by atoms with van der Waals surface area (Å²) in [6.45, 7) is 7.01. The van der Waals surface area contributed by atoms with Gasteiger partial charge >= 0.3 is 0 Å². The summed E-state index contributed by atoms with van der Waals surface area (Å²) in [5, 5.41) is 7.07. The molecule has 22 heavy (non-hydrogen) atoms. The average molecular weight is 337 g/mol. The zero-order valence-corrected chi connectivity index (χ0v) is 16.3. The van der Waals surface area contributed by atoms with Crippen molar-refractivity contribution < 1.29 is 9.33 Å². The van der Waals surface area contributed by atoms with E-state index in [-0.39, 0.29) is 0 Å². The molecule has 0 atom stereocenters. The Morgan fingerprint density at radius 1 is 1.14 bits per heavy atom. The first-order chi connectivity index (χ1) is 10.1. The van der Waals surface area contributed by atoms with E-state index in [0.717, 1.165) is 16.4 Å². The predicted molar refractivity (Wildman–Crippen MR) is 99.5 cm³/mol. The molecule has 0 spiro atoms. The fourth-order valence-corrected chi connectivity index (χ4v) is 5.67. The monoisotopic (exact) mass is 336 g/mol. The van der Waals surface area contributed by atoms with Gasteiger partial charge in [-0.15, -0.1) is 0 Å². The average Bonchev–Trinajstić information content (AvgIpc) is 2.60. The van der Waals surface area contributed by atoms with Crippen molar-refractivity contribution >= 4 is 31.0 Å². The molecule has 0 radical (unpaired) electrons. The lowest BCUT2D eigenvalue weighted by Gasteiger charge is -2.33. The number of methoxy groups -OCH3 is 1. The van der Waals surface area contributed by atoms with E-state index >= 15 is 0 Å². The van der Waals surface area contributed by atoms with E-state index in [1.54, 1.807) is 7.11 Å². The lowest BCUT2D eigenvalue weighted by atomic mass is 10.3. The second kappa shape index (κ2) is 5.68. The standard InChI is InChI=1S/C16H25N3OSSi/c1-18-16(21)14(22(5,6)7)15(19(18,2)3)17-12-8-10-13(20-4)11-9-12/h8-11H,1-7H3/p+1. The highest BCUT2D eigenvalue weighted by atomic mass is 32.1. The molecular weight excluding hydrogens is 310 g/mol. The van der Waals surface area contributed by atoms with Crippen molar-refractivity contribution in [2.75, 3.05) is 33.6 Å². The van der Waals surface area contributed by atoms with Crippen LogP contribution in [0.4, 0.5) is 5.69 Å². The molecule has 0 amide bonds. The Bertz CT molecular complexity index is 617. The molecule has 1 aliphatic rings. The van der Waals surface area contributed by atoms with Crippen LogP contribution in [0.5, 0.6) is 5.75 Å². The number of ether oxygens (including phenoxy) is 1. The Balaban J connectivity index is 2.46. The third-order valence-corrected chi connectivity index (χ3v) is 6.77. The number of thiocarbonyl (C=S) groups is 1. The van der Waals surface area contributed by atoms with Crippen molar-refractivity contribution in [3.8, 4) is 5.75 Å². The van der Waals surface area contributed by atoms with Gasteiger partial charge in [-0.1, -0.05) is 31.9 Å². The molecule has 1 aromatic carbocycles. The molecular formula is C16H26N3OSSi+. The van der Waals surface area contributed by atoms with Gasteiger partial charge in [0.15, 0.2) is 4.99 Å². The van der Waals surface area contributed by atoms with Gasteiger partial charge in [-0.05, 0) is 24.3 Å². The van der Waals surface area contributed by atoms with Crippen LogP contribution in [0.3, 0.4) is 0 Å². The van der Waals surface area contributed by atoms with Gasteiger partial charge in [0.1, 0.15) is 5.75 Å². The summed E-state index contributed by atoms with van der Waals surface area (Å²) in [7, 11) is 6.50. The molecule has 0 saturated heterocycles. The van der Waals surface area contributed by atoms with Crippen LogP contribution in [-0.2, 0) is 0 Å². The summed E-state index contributed by atoms with van der Waals surface area (Å²) >= 11 is 5.72. The molecule has 1 N–H and O–H groups in total. The van der Waals surface area contributed by atoms with Crippen LogP contribution in [-0.4, -0.2) is 50.9 Å². The first-order valence-electron chi connectivity index (χ1n) is 7.38. The number of rotatable bonds is 4. The van der Waals surface area contributed by atoms with E-state index in [0.29, 0.717) is 4.59 Å². The van der Waals surface area contributed by atoms with Crippen molar-refractivity contribution in [1.82, 2.24) is 5.01 Å². The summed E-state index contributed by atoms with van der Waals surface area (Å²) in [6, 6.07) is 8.01. The van der Waals surface area contributed by atoms with Crippen LogP contribution in [0.25, 0.3) is 0 Å². The normalized spacial score (nSPS) is 18.0. The van der Waals surface area contributed by atoms with E-state index in [9.17, 15) is 0 Å². The summed E-state index contributed by atoms with van der Waals surface area (Å²) in [6.07, 6.45) is 0. The summed E-state index contributed by atoms with van der Waals surface area (Å²) in [4.78, 5) is 0.958. The molecule has 0 fully saturated rings. The van der Waals surface area contributed by atoms with E-state index in [4.69, 9.17) is 17.0 Å². The number of nitrogens with one attached hydrogen (secondary N) is 1. The Morgan fingerprint density at radius 2 is 1.68 bits per heavy atom. The van der Waals surface area contributed by atoms with Crippen LogP contribution < -0.4 is 10.1 Å². The molecule has 0 bridgehead atoms. The predicted octanol–water partition coefficient (Wildman–Crippen LogP) is 3.46. The SMILES string of the molecule is COc1ccc(NC2=C([Si](C)(C)C)C(=S)N(C)[N+]2(C)C)cc1. The molecule has 0 aromatic heterocycles. The van der Waals surface area contributed by atoms with E-state index in [1.807, 2.05) is 24.3 Å². The largest absolute Gasteiger partial charge is 0.497 e. The maximum Gasteiger partial charge on any atom is 0.232 e. The molecule has 6 heteroatoms. The van der Waals surface area contributed by atoms with Crippen LogP contribution in [0, 0.1) is 0 Å². The molecule has 0 unspecified atom stereocenters. The maximum absolute atomic E-state index is 5.72. The lowest BCUT2D eigenvalue weighted by molar-refractivity contribution is -0.946. The number of quaternary nitrogens is 1. The minimum Gasteiger partial charge on any atom is -0.497 e. The number of nitrogens with zero attached hydrogens (tertiary/aromatic N) is 2. The Morgan fingerprint density at radius 3 is 2.14 bits per heavy atom. The quantitative estimate of drug-likeness (QED) is 0.517. The molecule has 0 saturated carbocycles. The summed E-state index contributed by atoms with van der Waals surface area (Å²) < 4.78 is 5.84. The van der Waals surface area contributed by atoms with Gasteiger partial charge in [0.25, 0.3) is 0 Å². The van der Waals surface area contributed by atoms with Gasteiger partial charge in [0.2, 0.25) is 5.82 Å². The number of anilines is 1. The maximum atomic E-state index is 5.72. The van der Waals surface area contributed by atoms with Crippen molar-refractivity contribution in [2.45, 2.75) is 19.6 Å². The highest BCUT2D eigenvalue weighted by molar-refractivity contribution is 7.81. The fourth-order valence-electron chi connectivity index (χ4n) is 2.60. The second-order valence-corrected chi connectivity index (χ2v) is 12.4. The smallest absolute Gasteiger partial charge is 0.232 e. The van der Waals surface area contributed by atoms with Gasteiger partial charge in [0.05, 0.1) is 41.5 Å². The third-order valence-electron chi connectivity index (χ3n) is 4.14. The van der Waals surface area contributed by atoms with Crippen molar-refractivity contribution in [3.63, 3.8) is 0 Å². The zero-order chi connectivity index (χ0) is 16.7. The molecule has 4 nitrogen and oxygen atoms in total. The van der Waals surface area contributed by atoms with Crippen LogP contribution in [0.2, 0.25) is 19.6 Å². The highest BCUT2D eigenvalue weighted by Crippen LogP contribution is 2.35. The lowest BCUT2D eigenvalue weighted by Crippen LogP contribution is -2.50. The molecule has 120 valence electrons. The minimum atomic E-state index is -1.56. The number of hydrogen-bond acceptors (Lipinski definition) is 3. The minimum absolute atomic E-state index is 0.616. The topological polar surface area (TPSA) is 24.5 Å². The summed E-state index contributed by atoms with van der Waals surface area (Å²) in [5.41, 5.74) is 1.05. The molecule has 2 rings (SSSR count). The Kier molecular flexibility index (Phi) is 4.39. The van der Waals surface area contributed by atoms with Crippen LogP contribution in [0.15, 0.2) is 35.3 Å². The van der Waals surface area contributed by atoms with E-state index in [1.165, 1.54) is 11.0 Å². The van der Waals surface area contributed by atoms with E-state index < -0.39 is 8.07 Å². The molecule has 0 aliphatic carbocycles. The van der Waals surface area contributed by atoms with Gasteiger partial charge in [0, 0.05) is 5.69 Å². The van der Waals surface area contributed by atoms with Gasteiger partial charge in [-0.3, -0.25) is 0 Å². The molecule has 1 aliphatic heterocycles.